The van der Waals surface area contributed by atoms with Gasteiger partial charge < -0.3 is 19.4 Å². The van der Waals surface area contributed by atoms with Gasteiger partial charge in [0.15, 0.2) is 17.7 Å². The van der Waals surface area contributed by atoms with E-state index in [2.05, 4.69) is 0 Å². The quantitative estimate of drug-likeness (QED) is 0.356. The van der Waals surface area contributed by atoms with Crippen LogP contribution in [-0.4, -0.2) is 32.2 Å². The van der Waals surface area contributed by atoms with Crippen LogP contribution >= 0.6 is 0 Å². The normalized spacial score (nSPS) is 11.1. The Bertz CT molecular complexity index is 646. The van der Waals surface area contributed by atoms with Crippen molar-refractivity contribution in [3.8, 4) is 17.2 Å². The highest BCUT2D eigenvalue weighted by Crippen LogP contribution is 2.28. The predicted octanol–water partition coefficient (Wildman–Crippen LogP) is 2.84. The van der Waals surface area contributed by atoms with Gasteiger partial charge in [-0.15, -0.1) is 0 Å². The highest BCUT2D eigenvalue weighted by Gasteiger charge is 2.07. The summed E-state index contributed by atoms with van der Waals surface area (Å²) in [5, 5.41) is 11.0. The monoisotopic (exact) mass is 301 g/mol. The fraction of sp³-hybridized carbons (Fsp3) is 0.235. The molecule has 2 aromatic carbocycles. The van der Waals surface area contributed by atoms with Gasteiger partial charge in [-0.1, -0.05) is 12.1 Å². The van der Waals surface area contributed by atoms with Crippen molar-refractivity contribution in [1.82, 2.24) is 0 Å². The van der Waals surface area contributed by atoms with Gasteiger partial charge >= 0.3 is 0 Å². The third kappa shape index (κ3) is 4.15. The SMILES string of the molecule is COc1ccc(COc2ccc(/C=[N+](\C)[O-])cc2OC)cc1. The van der Waals surface area contributed by atoms with Crippen LogP contribution < -0.4 is 14.2 Å². The van der Waals surface area contributed by atoms with Gasteiger partial charge in [0, 0.05) is 5.56 Å². The van der Waals surface area contributed by atoms with Crippen molar-refractivity contribution >= 4 is 6.21 Å². The van der Waals surface area contributed by atoms with Crippen LogP contribution in [0.15, 0.2) is 42.5 Å². The van der Waals surface area contributed by atoms with E-state index in [1.165, 1.54) is 13.3 Å². The zero-order valence-electron chi connectivity index (χ0n) is 12.9. The highest BCUT2D eigenvalue weighted by atomic mass is 16.5. The second-order valence-electron chi connectivity index (χ2n) is 4.72. The Kier molecular flexibility index (Phi) is 5.25. The Labute approximate surface area is 130 Å². The summed E-state index contributed by atoms with van der Waals surface area (Å²) in [6, 6.07) is 13.0. The second kappa shape index (κ2) is 7.36. The van der Waals surface area contributed by atoms with Gasteiger partial charge in [0.25, 0.3) is 0 Å². The molecule has 0 saturated heterocycles. The average molecular weight is 301 g/mol. The van der Waals surface area contributed by atoms with Gasteiger partial charge in [-0.3, -0.25) is 0 Å². The largest absolute Gasteiger partial charge is 0.624 e. The highest BCUT2D eigenvalue weighted by molar-refractivity contribution is 5.77. The summed E-state index contributed by atoms with van der Waals surface area (Å²) >= 11 is 0. The number of hydrogen-bond acceptors (Lipinski definition) is 4. The Morgan fingerprint density at radius 3 is 2.32 bits per heavy atom. The summed E-state index contributed by atoms with van der Waals surface area (Å²) in [5.74, 6) is 2.02. The van der Waals surface area contributed by atoms with Crippen LogP contribution in [0.3, 0.4) is 0 Å². The molecule has 0 atom stereocenters. The van der Waals surface area contributed by atoms with E-state index in [0.29, 0.717) is 18.1 Å². The first-order valence-corrected chi connectivity index (χ1v) is 6.81. The Hall–Kier alpha value is -2.69. The first-order chi connectivity index (χ1) is 10.6. The van der Waals surface area contributed by atoms with Crippen LogP contribution in [-0.2, 0) is 6.61 Å². The van der Waals surface area contributed by atoms with E-state index in [0.717, 1.165) is 21.6 Å². The minimum absolute atomic E-state index is 0.422. The van der Waals surface area contributed by atoms with Gasteiger partial charge in [0.2, 0.25) is 0 Å². The standard InChI is InChI=1S/C17H19NO4/c1-18(19)11-14-6-9-16(17(10-14)21-3)22-12-13-4-7-15(20-2)8-5-13/h4-11H,12H2,1-3H3/b18-11+. The maximum absolute atomic E-state index is 11.0. The van der Waals surface area contributed by atoms with Crippen molar-refractivity contribution in [2.24, 2.45) is 0 Å². The van der Waals surface area contributed by atoms with Crippen molar-refractivity contribution in [1.29, 1.82) is 0 Å². The molecule has 0 aliphatic carbocycles. The van der Waals surface area contributed by atoms with Gasteiger partial charge in [-0.2, -0.15) is 0 Å². The molecule has 0 N–H and O–H groups in total. The van der Waals surface area contributed by atoms with Gasteiger partial charge in [-0.05, 0) is 35.9 Å². The van der Waals surface area contributed by atoms with Gasteiger partial charge in [0.05, 0.1) is 14.2 Å². The van der Waals surface area contributed by atoms with E-state index in [1.54, 1.807) is 32.4 Å². The number of benzene rings is 2. The Balaban J connectivity index is 2.09. The molecule has 0 saturated carbocycles. The molecule has 2 aromatic rings. The number of nitrogens with zero attached hydrogens (tertiary/aromatic N) is 1. The summed E-state index contributed by atoms with van der Waals surface area (Å²) in [5.41, 5.74) is 1.78. The summed E-state index contributed by atoms with van der Waals surface area (Å²) in [4.78, 5) is 0. The minimum atomic E-state index is 0.422. The summed E-state index contributed by atoms with van der Waals surface area (Å²) in [7, 11) is 4.63. The first-order valence-electron chi connectivity index (χ1n) is 6.81. The lowest BCUT2D eigenvalue weighted by Crippen LogP contribution is -2.01. The van der Waals surface area contributed by atoms with Crippen molar-refractivity contribution < 1.29 is 18.9 Å². The Morgan fingerprint density at radius 1 is 1.00 bits per heavy atom. The van der Waals surface area contributed by atoms with Gasteiger partial charge in [-0.25, -0.2) is 4.74 Å². The van der Waals surface area contributed by atoms with Crippen LogP contribution in [0.1, 0.15) is 11.1 Å². The van der Waals surface area contributed by atoms with Crippen LogP contribution in [0.4, 0.5) is 0 Å². The van der Waals surface area contributed by atoms with E-state index in [-0.39, 0.29) is 0 Å². The van der Waals surface area contributed by atoms with Crippen LogP contribution in [0.5, 0.6) is 17.2 Å². The molecule has 0 aliphatic rings. The molecule has 5 heteroatoms. The molecular weight excluding hydrogens is 282 g/mol. The van der Waals surface area contributed by atoms with E-state index in [4.69, 9.17) is 14.2 Å². The molecule has 0 bridgehead atoms. The number of hydroxylamine groups is 1. The second-order valence-corrected chi connectivity index (χ2v) is 4.72. The molecule has 116 valence electrons. The summed E-state index contributed by atoms with van der Waals surface area (Å²) in [6.45, 7) is 0.422. The molecule has 0 amide bonds. The molecule has 0 fully saturated rings. The van der Waals surface area contributed by atoms with Crippen molar-refractivity contribution in [3.05, 3.63) is 58.8 Å². The molecule has 5 nitrogen and oxygen atoms in total. The zero-order chi connectivity index (χ0) is 15.9. The van der Waals surface area contributed by atoms with Crippen molar-refractivity contribution in [2.75, 3.05) is 21.3 Å². The van der Waals surface area contributed by atoms with Crippen molar-refractivity contribution in [3.63, 3.8) is 0 Å². The third-order valence-corrected chi connectivity index (χ3v) is 3.07. The Morgan fingerprint density at radius 2 is 1.73 bits per heavy atom. The maximum Gasteiger partial charge on any atom is 0.181 e. The smallest absolute Gasteiger partial charge is 0.181 e. The fourth-order valence-corrected chi connectivity index (χ4v) is 1.98. The molecule has 0 aromatic heterocycles. The fourth-order valence-electron chi connectivity index (χ4n) is 1.98. The molecule has 0 heterocycles. The first kappa shape index (κ1) is 15.7. The third-order valence-electron chi connectivity index (χ3n) is 3.07. The van der Waals surface area contributed by atoms with E-state index in [9.17, 15) is 5.21 Å². The average Bonchev–Trinajstić information content (AvgIpc) is 2.53. The number of methoxy groups -OCH3 is 2. The zero-order valence-corrected chi connectivity index (χ0v) is 12.9. The minimum Gasteiger partial charge on any atom is -0.624 e. The van der Waals surface area contributed by atoms with E-state index >= 15 is 0 Å². The maximum atomic E-state index is 11.0. The van der Waals surface area contributed by atoms with E-state index < -0.39 is 0 Å². The lowest BCUT2D eigenvalue weighted by molar-refractivity contribution is -0.416. The number of rotatable bonds is 6. The molecule has 0 spiro atoms. The molecular formula is C17H19NO4. The molecule has 0 radical (unpaired) electrons. The van der Waals surface area contributed by atoms with Crippen molar-refractivity contribution in [2.45, 2.75) is 6.61 Å². The number of hydrogen-bond donors (Lipinski definition) is 0. The molecule has 0 aliphatic heterocycles. The van der Waals surface area contributed by atoms with Crippen LogP contribution in [0.25, 0.3) is 0 Å². The predicted molar refractivity (Wildman–Crippen MR) is 85.0 cm³/mol. The summed E-state index contributed by atoms with van der Waals surface area (Å²) in [6.07, 6.45) is 1.47. The summed E-state index contributed by atoms with van der Waals surface area (Å²) < 4.78 is 16.9. The topological polar surface area (TPSA) is 53.8 Å². The van der Waals surface area contributed by atoms with E-state index in [1.807, 2.05) is 24.3 Å². The molecule has 22 heavy (non-hydrogen) atoms. The molecule has 2 rings (SSSR count). The van der Waals surface area contributed by atoms with Crippen LogP contribution in [0.2, 0.25) is 0 Å². The lowest BCUT2D eigenvalue weighted by atomic mass is 10.2. The van der Waals surface area contributed by atoms with Gasteiger partial charge in [0.1, 0.15) is 19.4 Å². The lowest BCUT2D eigenvalue weighted by Gasteiger charge is -2.11. The number of ether oxygens (including phenoxy) is 3. The van der Waals surface area contributed by atoms with Crippen LogP contribution in [0, 0.1) is 5.21 Å². The molecule has 0 unspecified atom stereocenters.